The summed E-state index contributed by atoms with van der Waals surface area (Å²) >= 11 is 0. The molecule has 3 fully saturated rings. The van der Waals surface area contributed by atoms with E-state index in [4.69, 9.17) is 0 Å². The molecule has 1 aliphatic heterocycles. The second-order valence-electron chi connectivity index (χ2n) is 6.77. The number of hydrogen-bond acceptors (Lipinski definition) is 4. The van der Waals surface area contributed by atoms with Gasteiger partial charge in [0.1, 0.15) is 5.82 Å². The Morgan fingerprint density at radius 3 is 2.48 bits per heavy atom. The largest absolute Gasteiger partial charge is 0.368 e. The first-order valence-corrected chi connectivity index (χ1v) is 8.55. The standard InChI is InChI=1S/C17H24N4O.ClH/c22-17(16-13-3-1-2-4-14(13)16)20-15-6-5-12(11-19-15)21-9-7-18-8-10-21;/h5-6,11,13-14,16,18H,1-4,7-10H2,(H,19,20,22);1H. The number of nitrogens with one attached hydrogen (secondary N) is 2. The fourth-order valence-corrected chi connectivity index (χ4v) is 4.16. The zero-order valence-electron chi connectivity index (χ0n) is 13.3. The van der Waals surface area contributed by atoms with Crippen LogP contribution in [-0.4, -0.2) is 37.1 Å². The summed E-state index contributed by atoms with van der Waals surface area (Å²) in [5, 5.41) is 6.36. The third-order valence-electron chi connectivity index (χ3n) is 5.44. The van der Waals surface area contributed by atoms with E-state index in [-0.39, 0.29) is 24.2 Å². The Kier molecular flexibility index (Phi) is 5.07. The molecule has 0 radical (unpaired) electrons. The number of aromatic nitrogens is 1. The lowest BCUT2D eigenvalue weighted by Gasteiger charge is -2.29. The molecule has 2 aliphatic carbocycles. The summed E-state index contributed by atoms with van der Waals surface area (Å²) in [6, 6.07) is 4.00. The molecule has 1 saturated heterocycles. The normalized spacial score (nSPS) is 29.2. The predicted molar refractivity (Wildman–Crippen MR) is 94.1 cm³/mol. The van der Waals surface area contributed by atoms with Crippen molar-refractivity contribution in [1.29, 1.82) is 0 Å². The summed E-state index contributed by atoms with van der Waals surface area (Å²) < 4.78 is 0. The van der Waals surface area contributed by atoms with Gasteiger partial charge in [-0.1, -0.05) is 12.8 Å². The Balaban J connectivity index is 0.00000156. The number of nitrogens with zero attached hydrogens (tertiary/aromatic N) is 2. The molecule has 1 aromatic rings. The lowest BCUT2D eigenvalue weighted by atomic mass is 10.0. The summed E-state index contributed by atoms with van der Waals surface area (Å²) in [5.41, 5.74) is 1.14. The van der Waals surface area contributed by atoms with Crippen LogP contribution in [0, 0.1) is 17.8 Å². The third kappa shape index (κ3) is 3.45. The summed E-state index contributed by atoms with van der Waals surface area (Å²) in [5.74, 6) is 2.41. The van der Waals surface area contributed by atoms with Crippen molar-refractivity contribution >= 4 is 29.8 Å². The average molecular weight is 337 g/mol. The minimum atomic E-state index is 0. The molecule has 5 nitrogen and oxygen atoms in total. The van der Waals surface area contributed by atoms with Gasteiger partial charge in [0.2, 0.25) is 5.91 Å². The molecular weight excluding hydrogens is 312 g/mol. The number of pyridine rings is 1. The second-order valence-corrected chi connectivity index (χ2v) is 6.77. The van der Waals surface area contributed by atoms with Crippen LogP contribution >= 0.6 is 12.4 Å². The van der Waals surface area contributed by atoms with Crippen LogP contribution in [0.4, 0.5) is 11.5 Å². The molecule has 6 heteroatoms. The van der Waals surface area contributed by atoms with Crippen LogP contribution in [0.1, 0.15) is 25.7 Å². The van der Waals surface area contributed by atoms with Crippen LogP contribution in [0.25, 0.3) is 0 Å². The topological polar surface area (TPSA) is 57.3 Å². The number of carbonyl (C=O) groups is 1. The highest BCUT2D eigenvalue weighted by Gasteiger charge is 2.54. The number of halogens is 1. The van der Waals surface area contributed by atoms with E-state index in [1.165, 1.54) is 25.7 Å². The monoisotopic (exact) mass is 336 g/mol. The highest BCUT2D eigenvalue weighted by atomic mass is 35.5. The van der Waals surface area contributed by atoms with Crippen molar-refractivity contribution in [3.8, 4) is 0 Å². The highest BCUT2D eigenvalue weighted by molar-refractivity contribution is 5.94. The molecule has 0 bridgehead atoms. The van der Waals surface area contributed by atoms with Gasteiger partial charge >= 0.3 is 0 Å². The maximum Gasteiger partial charge on any atom is 0.229 e. The van der Waals surface area contributed by atoms with E-state index in [0.29, 0.717) is 17.7 Å². The van der Waals surface area contributed by atoms with Crippen LogP contribution in [0.5, 0.6) is 0 Å². The zero-order valence-corrected chi connectivity index (χ0v) is 14.1. The van der Waals surface area contributed by atoms with E-state index in [2.05, 4.69) is 26.6 Å². The van der Waals surface area contributed by atoms with Crippen LogP contribution in [-0.2, 0) is 4.79 Å². The third-order valence-corrected chi connectivity index (χ3v) is 5.44. The van der Waals surface area contributed by atoms with Gasteiger partial charge in [0.25, 0.3) is 0 Å². The van der Waals surface area contributed by atoms with E-state index in [1.54, 1.807) is 0 Å². The summed E-state index contributed by atoms with van der Waals surface area (Å²) in [6.45, 7) is 4.06. The zero-order chi connectivity index (χ0) is 14.9. The smallest absolute Gasteiger partial charge is 0.229 e. The van der Waals surface area contributed by atoms with Crippen molar-refractivity contribution in [3.05, 3.63) is 18.3 Å². The summed E-state index contributed by atoms with van der Waals surface area (Å²) in [4.78, 5) is 19.1. The first-order chi connectivity index (χ1) is 10.8. The number of amides is 1. The minimum Gasteiger partial charge on any atom is -0.368 e. The first-order valence-electron chi connectivity index (χ1n) is 8.55. The van der Waals surface area contributed by atoms with Crippen molar-refractivity contribution < 1.29 is 4.79 Å². The van der Waals surface area contributed by atoms with Gasteiger partial charge in [-0.2, -0.15) is 0 Å². The summed E-state index contributed by atoms with van der Waals surface area (Å²) in [6.07, 6.45) is 6.93. The quantitative estimate of drug-likeness (QED) is 0.889. The molecule has 2 atom stereocenters. The molecule has 2 saturated carbocycles. The fourth-order valence-electron chi connectivity index (χ4n) is 4.16. The van der Waals surface area contributed by atoms with Gasteiger partial charge in [-0.05, 0) is 36.8 Å². The van der Waals surface area contributed by atoms with Gasteiger partial charge in [0, 0.05) is 32.1 Å². The number of carbonyl (C=O) groups excluding carboxylic acids is 1. The second kappa shape index (κ2) is 7.05. The lowest BCUT2D eigenvalue weighted by Crippen LogP contribution is -2.43. The number of hydrogen-bond donors (Lipinski definition) is 2. The Bertz CT molecular complexity index is 532. The van der Waals surface area contributed by atoms with Crippen molar-refractivity contribution in [2.45, 2.75) is 25.7 Å². The van der Waals surface area contributed by atoms with Crippen molar-refractivity contribution in [2.24, 2.45) is 17.8 Å². The Morgan fingerprint density at radius 2 is 1.87 bits per heavy atom. The van der Waals surface area contributed by atoms with Crippen molar-refractivity contribution in [3.63, 3.8) is 0 Å². The van der Waals surface area contributed by atoms with Crippen molar-refractivity contribution in [1.82, 2.24) is 10.3 Å². The maximum absolute atomic E-state index is 12.4. The van der Waals surface area contributed by atoms with Gasteiger partial charge < -0.3 is 15.5 Å². The molecule has 4 rings (SSSR count). The molecule has 0 aromatic carbocycles. The minimum absolute atomic E-state index is 0. The maximum atomic E-state index is 12.4. The van der Waals surface area contributed by atoms with E-state index in [9.17, 15) is 4.79 Å². The van der Waals surface area contributed by atoms with Crippen LogP contribution < -0.4 is 15.5 Å². The Morgan fingerprint density at radius 1 is 1.17 bits per heavy atom. The predicted octanol–water partition coefficient (Wildman–Crippen LogP) is 2.29. The van der Waals surface area contributed by atoms with E-state index in [1.807, 2.05) is 12.3 Å². The number of fused-ring (bicyclic) bond motifs is 1. The molecule has 23 heavy (non-hydrogen) atoms. The summed E-state index contributed by atoms with van der Waals surface area (Å²) in [7, 11) is 0. The number of anilines is 2. The molecule has 1 aromatic heterocycles. The number of rotatable bonds is 3. The van der Waals surface area contributed by atoms with Gasteiger partial charge in [0.05, 0.1) is 11.9 Å². The Hall–Kier alpha value is -1.33. The number of piperazine rings is 1. The molecule has 2 heterocycles. The van der Waals surface area contributed by atoms with Gasteiger partial charge in [-0.15, -0.1) is 12.4 Å². The molecule has 2 N–H and O–H groups in total. The van der Waals surface area contributed by atoms with E-state index in [0.717, 1.165) is 31.9 Å². The Labute approximate surface area is 143 Å². The van der Waals surface area contributed by atoms with Gasteiger partial charge in [-0.25, -0.2) is 4.98 Å². The van der Waals surface area contributed by atoms with E-state index >= 15 is 0 Å². The average Bonchev–Trinajstić information content (AvgIpc) is 3.31. The lowest BCUT2D eigenvalue weighted by molar-refractivity contribution is -0.117. The molecule has 2 unspecified atom stereocenters. The molecule has 3 aliphatic rings. The van der Waals surface area contributed by atoms with Crippen molar-refractivity contribution in [2.75, 3.05) is 36.4 Å². The first kappa shape index (κ1) is 16.5. The fraction of sp³-hybridized carbons (Fsp3) is 0.647. The van der Waals surface area contributed by atoms with Gasteiger partial charge in [0.15, 0.2) is 0 Å². The SMILES string of the molecule is Cl.O=C(Nc1ccc(N2CCNCC2)cn1)C1C2CCCCC21. The molecule has 0 spiro atoms. The van der Waals surface area contributed by atoms with Gasteiger partial charge in [-0.3, -0.25) is 4.79 Å². The molecule has 1 amide bonds. The van der Waals surface area contributed by atoms with E-state index < -0.39 is 0 Å². The van der Waals surface area contributed by atoms with Crippen LogP contribution in [0.2, 0.25) is 0 Å². The molecular formula is C17H25ClN4O. The molecule has 126 valence electrons. The van der Waals surface area contributed by atoms with Crippen LogP contribution in [0.3, 0.4) is 0 Å². The van der Waals surface area contributed by atoms with Crippen LogP contribution in [0.15, 0.2) is 18.3 Å². The highest BCUT2D eigenvalue weighted by Crippen LogP contribution is 2.55.